The summed E-state index contributed by atoms with van der Waals surface area (Å²) in [4.78, 5) is 22.7. The van der Waals surface area contributed by atoms with Crippen molar-refractivity contribution < 1.29 is 14.3 Å². The molecule has 0 heterocycles. The molecule has 1 amide bonds. The summed E-state index contributed by atoms with van der Waals surface area (Å²) in [5, 5.41) is 3.10. The fourth-order valence-corrected chi connectivity index (χ4v) is 1.90. The van der Waals surface area contributed by atoms with Crippen LogP contribution in [-0.2, 0) is 9.59 Å². The molecule has 0 radical (unpaired) electrons. The number of nitrogens with one attached hydrogen (secondary N) is 1. The van der Waals surface area contributed by atoms with Gasteiger partial charge in [0.15, 0.2) is 5.75 Å². The van der Waals surface area contributed by atoms with E-state index in [-0.39, 0.29) is 12.2 Å². The molecule has 2 aromatic rings. The normalized spacial score (nSPS) is 10.0. The maximum Gasteiger partial charge on any atom is 0.231 e. The van der Waals surface area contributed by atoms with Crippen LogP contribution >= 0.6 is 11.6 Å². The van der Waals surface area contributed by atoms with Gasteiger partial charge in [0.05, 0.1) is 12.1 Å². The maximum absolute atomic E-state index is 11.7. The van der Waals surface area contributed by atoms with Crippen LogP contribution in [0.1, 0.15) is 13.3 Å². The molecule has 2 rings (SSSR count). The number of para-hydroxylation sites is 1. The first-order valence-corrected chi connectivity index (χ1v) is 6.74. The number of ether oxygens (including phenoxy) is 1. The molecule has 1 N–H and O–H groups in total. The van der Waals surface area contributed by atoms with E-state index in [4.69, 9.17) is 16.3 Å². The zero-order chi connectivity index (χ0) is 15.2. The third kappa shape index (κ3) is 4.61. The molecule has 0 saturated carbocycles. The molecule has 2 aromatic carbocycles. The van der Waals surface area contributed by atoms with E-state index in [1.165, 1.54) is 6.92 Å². The van der Waals surface area contributed by atoms with Gasteiger partial charge in [-0.15, -0.1) is 0 Å². The van der Waals surface area contributed by atoms with Crippen LogP contribution in [0, 0.1) is 0 Å². The number of halogens is 1. The first kappa shape index (κ1) is 15.1. The second-order valence-corrected chi connectivity index (χ2v) is 4.92. The number of benzene rings is 2. The molecule has 0 aliphatic rings. The van der Waals surface area contributed by atoms with E-state index in [0.29, 0.717) is 22.2 Å². The lowest BCUT2D eigenvalue weighted by atomic mass is 10.2. The summed E-state index contributed by atoms with van der Waals surface area (Å²) in [7, 11) is 0. The van der Waals surface area contributed by atoms with Gasteiger partial charge in [-0.05, 0) is 37.3 Å². The predicted octanol–water partition coefficient (Wildman–Crippen LogP) is 4.05. The quantitative estimate of drug-likeness (QED) is 0.848. The maximum atomic E-state index is 11.7. The van der Waals surface area contributed by atoms with Crippen molar-refractivity contribution in [2.45, 2.75) is 13.3 Å². The number of rotatable bonds is 5. The fraction of sp³-hybridized carbons (Fsp3) is 0.125. The van der Waals surface area contributed by atoms with Crippen LogP contribution in [0.4, 0.5) is 5.69 Å². The van der Waals surface area contributed by atoms with Crippen molar-refractivity contribution in [2.75, 3.05) is 5.32 Å². The van der Waals surface area contributed by atoms with Gasteiger partial charge in [0.25, 0.3) is 0 Å². The number of amides is 1. The van der Waals surface area contributed by atoms with Gasteiger partial charge in [-0.25, -0.2) is 0 Å². The van der Waals surface area contributed by atoms with E-state index >= 15 is 0 Å². The molecule has 0 unspecified atom stereocenters. The molecule has 21 heavy (non-hydrogen) atoms. The molecule has 0 saturated heterocycles. The molecule has 4 nitrogen and oxygen atoms in total. The van der Waals surface area contributed by atoms with Gasteiger partial charge >= 0.3 is 0 Å². The Kier molecular flexibility index (Phi) is 4.95. The van der Waals surface area contributed by atoms with Crippen LogP contribution in [0.15, 0.2) is 48.5 Å². The van der Waals surface area contributed by atoms with Gasteiger partial charge in [0.2, 0.25) is 5.91 Å². The topological polar surface area (TPSA) is 55.4 Å². The molecular formula is C16H14ClNO3. The molecule has 0 spiro atoms. The monoisotopic (exact) mass is 303 g/mol. The summed E-state index contributed by atoms with van der Waals surface area (Å²) in [6, 6.07) is 14.1. The summed E-state index contributed by atoms with van der Waals surface area (Å²) >= 11 is 5.94. The lowest BCUT2D eigenvalue weighted by molar-refractivity contribution is -0.124. The van der Waals surface area contributed by atoms with Crippen LogP contribution in [0.25, 0.3) is 0 Å². The SMILES string of the molecule is CC(=O)CC(=O)Nc1cc(Cl)ccc1Oc1ccccc1. The molecule has 0 atom stereocenters. The van der Waals surface area contributed by atoms with E-state index < -0.39 is 5.91 Å². The summed E-state index contributed by atoms with van der Waals surface area (Å²) in [6.07, 6.45) is -0.183. The number of hydrogen-bond acceptors (Lipinski definition) is 3. The Balaban J connectivity index is 2.21. The molecule has 0 aliphatic carbocycles. The molecule has 0 aromatic heterocycles. The zero-order valence-electron chi connectivity index (χ0n) is 11.4. The molecule has 0 bridgehead atoms. The van der Waals surface area contributed by atoms with Crippen LogP contribution in [-0.4, -0.2) is 11.7 Å². The van der Waals surface area contributed by atoms with E-state index in [2.05, 4.69) is 5.32 Å². The van der Waals surface area contributed by atoms with Gasteiger partial charge in [-0.1, -0.05) is 29.8 Å². The largest absolute Gasteiger partial charge is 0.455 e. The van der Waals surface area contributed by atoms with E-state index in [9.17, 15) is 9.59 Å². The Hall–Kier alpha value is -2.33. The highest BCUT2D eigenvalue weighted by molar-refractivity contribution is 6.31. The molecule has 5 heteroatoms. The average Bonchev–Trinajstić information content (AvgIpc) is 2.42. The minimum absolute atomic E-state index is 0.183. The highest BCUT2D eigenvalue weighted by Gasteiger charge is 2.11. The first-order chi connectivity index (χ1) is 10.0. The fourth-order valence-electron chi connectivity index (χ4n) is 1.72. The van der Waals surface area contributed by atoms with Crippen molar-refractivity contribution >= 4 is 29.0 Å². The summed E-state index contributed by atoms with van der Waals surface area (Å²) in [5.41, 5.74) is 0.428. The minimum Gasteiger partial charge on any atom is -0.455 e. The van der Waals surface area contributed by atoms with Gasteiger partial charge in [-0.3, -0.25) is 9.59 Å². The van der Waals surface area contributed by atoms with Gasteiger partial charge in [-0.2, -0.15) is 0 Å². The predicted molar refractivity (Wildman–Crippen MR) is 81.9 cm³/mol. The molecule has 108 valence electrons. The van der Waals surface area contributed by atoms with Gasteiger partial charge in [0, 0.05) is 5.02 Å². The highest BCUT2D eigenvalue weighted by Crippen LogP contribution is 2.32. The summed E-state index contributed by atoms with van der Waals surface area (Å²) < 4.78 is 5.71. The Bertz CT molecular complexity index is 656. The van der Waals surface area contributed by atoms with Crippen molar-refractivity contribution in [3.05, 3.63) is 53.6 Å². The molecular weight excluding hydrogens is 290 g/mol. The smallest absolute Gasteiger partial charge is 0.231 e. The lowest BCUT2D eigenvalue weighted by Crippen LogP contribution is -2.15. The number of anilines is 1. The third-order valence-electron chi connectivity index (χ3n) is 2.60. The number of Topliss-reactive ketones (excluding diaryl/α,β-unsaturated/α-hetero) is 1. The van der Waals surface area contributed by atoms with Crippen molar-refractivity contribution in [1.29, 1.82) is 0 Å². The number of carbonyl (C=O) groups excluding carboxylic acids is 2. The Morgan fingerprint density at radius 2 is 1.86 bits per heavy atom. The van der Waals surface area contributed by atoms with E-state index in [1.807, 2.05) is 18.2 Å². The van der Waals surface area contributed by atoms with Crippen molar-refractivity contribution in [3.8, 4) is 11.5 Å². The Labute approximate surface area is 127 Å². The highest BCUT2D eigenvalue weighted by atomic mass is 35.5. The Morgan fingerprint density at radius 1 is 1.14 bits per heavy atom. The number of ketones is 1. The summed E-state index contributed by atoms with van der Waals surface area (Å²) in [6.45, 7) is 1.36. The van der Waals surface area contributed by atoms with Crippen molar-refractivity contribution in [2.24, 2.45) is 0 Å². The molecule has 0 aliphatic heterocycles. The Morgan fingerprint density at radius 3 is 2.52 bits per heavy atom. The van der Waals surface area contributed by atoms with Crippen molar-refractivity contribution in [1.82, 2.24) is 0 Å². The lowest BCUT2D eigenvalue weighted by Gasteiger charge is -2.12. The van der Waals surface area contributed by atoms with Crippen LogP contribution in [0.5, 0.6) is 11.5 Å². The average molecular weight is 304 g/mol. The second-order valence-electron chi connectivity index (χ2n) is 4.48. The number of hydrogen-bond donors (Lipinski definition) is 1. The minimum atomic E-state index is -0.400. The van der Waals surface area contributed by atoms with E-state index in [0.717, 1.165) is 0 Å². The first-order valence-electron chi connectivity index (χ1n) is 6.36. The van der Waals surface area contributed by atoms with Crippen LogP contribution in [0.2, 0.25) is 5.02 Å². The summed E-state index contributed by atoms with van der Waals surface area (Å²) in [5.74, 6) is 0.493. The number of carbonyl (C=O) groups is 2. The van der Waals surface area contributed by atoms with E-state index in [1.54, 1.807) is 30.3 Å². The molecule has 0 fully saturated rings. The standard InChI is InChI=1S/C16H14ClNO3/c1-11(19)9-16(20)18-14-10-12(17)7-8-15(14)21-13-5-3-2-4-6-13/h2-8,10H,9H2,1H3,(H,18,20). The van der Waals surface area contributed by atoms with Gasteiger partial charge < -0.3 is 10.1 Å². The zero-order valence-corrected chi connectivity index (χ0v) is 12.2. The van der Waals surface area contributed by atoms with Gasteiger partial charge in [0.1, 0.15) is 11.5 Å². The van der Waals surface area contributed by atoms with Crippen molar-refractivity contribution in [3.63, 3.8) is 0 Å². The van der Waals surface area contributed by atoms with Crippen LogP contribution in [0.3, 0.4) is 0 Å². The third-order valence-corrected chi connectivity index (χ3v) is 2.83. The van der Waals surface area contributed by atoms with Crippen LogP contribution < -0.4 is 10.1 Å². The second kappa shape index (κ2) is 6.90.